The van der Waals surface area contributed by atoms with Crippen LogP contribution in [0.1, 0.15) is 17.0 Å². The number of thiophene rings is 1. The molecule has 0 atom stereocenters. The molecule has 7 nitrogen and oxygen atoms in total. The first-order valence-electron chi connectivity index (χ1n) is 10.4. The Kier molecular flexibility index (Phi) is 4.93. The summed E-state index contributed by atoms with van der Waals surface area (Å²) in [6.07, 6.45) is -3.15. The molecule has 0 amide bonds. The number of rotatable bonds is 4. The van der Waals surface area contributed by atoms with Crippen LogP contribution in [0.3, 0.4) is 0 Å². The Hall–Kier alpha value is -4.13. The first kappa shape index (κ1) is 22.3. The first-order valence-corrected chi connectivity index (χ1v) is 11.2. The molecule has 0 spiro atoms. The molecule has 6 rings (SSSR count). The molecule has 1 aromatic carbocycles. The number of fused-ring (bicyclic) bond motifs is 5. The van der Waals surface area contributed by atoms with E-state index in [2.05, 4.69) is 20.1 Å². The fourth-order valence-electron chi connectivity index (χ4n) is 3.78. The van der Waals surface area contributed by atoms with Gasteiger partial charge in [-0.05, 0) is 42.8 Å². The molecule has 5 aromatic heterocycles. The Morgan fingerprint density at radius 1 is 1.08 bits per heavy atom. The third kappa shape index (κ3) is 3.71. The van der Waals surface area contributed by atoms with Crippen LogP contribution >= 0.6 is 11.3 Å². The summed E-state index contributed by atoms with van der Waals surface area (Å²) in [5, 5.41) is 4.88. The minimum Gasteiger partial charge on any atom is -0.483 e. The van der Waals surface area contributed by atoms with Gasteiger partial charge in [0.1, 0.15) is 39.7 Å². The van der Waals surface area contributed by atoms with Gasteiger partial charge in [-0.1, -0.05) is 0 Å². The van der Waals surface area contributed by atoms with Crippen molar-refractivity contribution in [2.75, 3.05) is 0 Å². The SMILES string of the molecule is Cc1cc(C(F)(F)F)nc2sc3c(ncn4nc(-c5ccc(COc6ccc(F)cc6F)o5)nc34)c12. The largest absolute Gasteiger partial charge is 0.483 e. The molecule has 0 saturated heterocycles. The van der Waals surface area contributed by atoms with Crippen LogP contribution in [0, 0.1) is 18.6 Å². The second-order valence-corrected chi connectivity index (χ2v) is 8.86. The predicted molar refractivity (Wildman–Crippen MR) is 120 cm³/mol. The zero-order valence-electron chi connectivity index (χ0n) is 18.1. The van der Waals surface area contributed by atoms with Gasteiger partial charge in [-0.3, -0.25) is 0 Å². The van der Waals surface area contributed by atoms with E-state index in [0.29, 0.717) is 44.4 Å². The summed E-state index contributed by atoms with van der Waals surface area (Å²) < 4.78 is 79.5. The Balaban J connectivity index is 1.35. The van der Waals surface area contributed by atoms with Gasteiger partial charge in [0.05, 0.1) is 5.52 Å². The number of ether oxygens (including phenoxy) is 1. The van der Waals surface area contributed by atoms with Gasteiger partial charge in [-0.25, -0.2) is 28.2 Å². The van der Waals surface area contributed by atoms with Crippen molar-refractivity contribution in [3.05, 3.63) is 71.4 Å². The summed E-state index contributed by atoms with van der Waals surface area (Å²) in [5.74, 6) is -0.836. The Bertz CT molecular complexity index is 1790. The van der Waals surface area contributed by atoms with Crippen molar-refractivity contribution in [1.82, 2.24) is 24.6 Å². The van der Waals surface area contributed by atoms with Crippen molar-refractivity contribution in [2.24, 2.45) is 0 Å². The van der Waals surface area contributed by atoms with E-state index in [1.165, 1.54) is 16.9 Å². The first-order chi connectivity index (χ1) is 17.2. The molecule has 13 heteroatoms. The van der Waals surface area contributed by atoms with E-state index in [4.69, 9.17) is 9.15 Å². The van der Waals surface area contributed by atoms with E-state index in [-0.39, 0.29) is 23.0 Å². The van der Waals surface area contributed by atoms with E-state index in [0.717, 1.165) is 23.5 Å². The summed E-state index contributed by atoms with van der Waals surface area (Å²) in [7, 11) is 0. The molecule has 0 aliphatic heterocycles. The van der Waals surface area contributed by atoms with E-state index in [9.17, 15) is 22.0 Å². The van der Waals surface area contributed by atoms with Crippen LogP contribution in [-0.2, 0) is 12.8 Å². The second kappa shape index (κ2) is 7.95. The van der Waals surface area contributed by atoms with Crippen LogP contribution in [0.4, 0.5) is 22.0 Å². The van der Waals surface area contributed by atoms with Gasteiger partial charge in [-0.15, -0.1) is 16.4 Å². The molecule has 36 heavy (non-hydrogen) atoms. The molecule has 0 bridgehead atoms. The summed E-state index contributed by atoms with van der Waals surface area (Å²) in [5.41, 5.74) is 0.301. The average molecular weight is 517 g/mol. The van der Waals surface area contributed by atoms with Crippen LogP contribution in [0.15, 0.2) is 47.1 Å². The third-order valence-corrected chi connectivity index (χ3v) is 6.47. The highest BCUT2D eigenvalue weighted by molar-refractivity contribution is 7.26. The normalized spacial score (nSPS) is 12.3. The fraction of sp³-hybridized carbons (Fsp3) is 0.130. The maximum atomic E-state index is 13.8. The summed E-state index contributed by atoms with van der Waals surface area (Å²) >= 11 is 1.05. The number of halogens is 5. The molecule has 0 aliphatic rings. The number of furan rings is 1. The van der Waals surface area contributed by atoms with Gasteiger partial charge in [0.25, 0.3) is 0 Å². The number of aromatic nitrogens is 5. The van der Waals surface area contributed by atoms with Gasteiger partial charge in [0, 0.05) is 11.5 Å². The molecule has 0 fully saturated rings. The van der Waals surface area contributed by atoms with E-state index in [1.54, 1.807) is 19.1 Å². The van der Waals surface area contributed by atoms with Crippen molar-refractivity contribution in [3.63, 3.8) is 0 Å². The summed E-state index contributed by atoms with van der Waals surface area (Å²) in [6, 6.07) is 7.17. The number of hydrogen-bond acceptors (Lipinski definition) is 7. The van der Waals surface area contributed by atoms with Crippen LogP contribution in [0.2, 0.25) is 0 Å². The minimum atomic E-state index is -4.57. The van der Waals surface area contributed by atoms with Gasteiger partial charge < -0.3 is 9.15 Å². The van der Waals surface area contributed by atoms with Crippen LogP contribution < -0.4 is 4.74 Å². The number of alkyl halides is 3. The molecule has 0 saturated carbocycles. The molecule has 0 radical (unpaired) electrons. The minimum absolute atomic E-state index is 0.121. The number of benzene rings is 1. The van der Waals surface area contributed by atoms with E-state index < -0.39 is 23.5 Å². The van der Waals surface area contributed by atoms with Crippen molar-refractivity contribution in [3.8, 4) is 17.3 Å². The van der Waals surface area contributed by atoms with Gasteiger partial charge in [0.15, 0.2) is 23.0 Å². The molecule has 0 unspecified atom stereocenters. The highest BCUT2D eigenvalue weighted by atomic mass is 32.1. The molecule has 5 heterocycles. The number of pyridine rings is 1. The molecule has 6 aromatic rings. The Morgan fingerprint density at radius 3 is 2.69 bits per heavy atom. The van der Waals surface area contributed by atoms with Crippen LogP contribution in [-0.4, -0.2) is 24.6 Å². The van der Waals surface area contributed by atoms with Crippen molar-refractivity contribution < 1.29 is 31.1 Å². The van der Waals surface area contributed by atoms with Gasteiger partial charge in [0.2, 0.25) is 5.82 Å². The van der Waals surface area contributed by atoms with Gasteiger partial charge in [-0.2, -0.15) is 13.2 Å². The highest BCUT2D eigenvalue weighted by Crippen LogP contribution is 2.38. The maximum Gasteiger partial charge on any atom is 0.433 e. The zero-order chi connectivity index (χ0) is 25.2. The second-order valence-electron chi connectivity index (χ2n) is 7.86. The Morgan fingerprint density at radius 2 is 1.92 bits per heavy atom. The van der Waals surface area contributed by atoms with Crippen LogP contribution in [0.5, 0.6) is 5.75 Å². The lowest BCUT2D eigenvalue weighted by Gasteiger charge is -2.06. The zero-order valence-corrected chi connectivity index (χ0v) is 18.9. The van der Waals surface area contributed by atoms with Crippen molar-refractivity contribution in [2.45, 2.75) is 19.7 Å². The topological polar surface area (TPSA) is 78.3 Å². The van der Waals surface area contributed by atoms with Crippen molar-refractivity contribution >= 4 is 37.4 Å². The van der Waals surface area contributed by atoms with Crippen molar-refractivity contribution in [1.29, 1.82) is 0 Å². The number of nitrogens with zero attached hydrogens (tertiary/aromatic N) is 5. The fourth-order valence-corrected chi connectivity index (χ4v) is 4.96. The molecule has 182 valence electrons. The highest BCUT2D eigenvalue weighted by Gasteiger charge is 2.33. The quantitative estimate of drug-likeness (QED) is 0.254. The lowest BCUT2D eigenvalue weighted by molar-refractivity contribution is -0.141. The molecule has 0 aliphatic carbocycles. The molecular formula is C23H12F5N5O2S. The standard InChI is InChI=1S/C23H12F5N5O2S/c1-10-6-16(23(26,27)28)30-22-17(10)18-19(36-22)21-31-20(32-33(21)9-29-18)15-5-3-12(35-15)8-34-14-4-2-11(24)7-13(14)25/h2-7,9H,8H2,1H3. The van der Waals surface area contributed by atoms with Gasteiger partial charge >= 0.3 is 6.18 Å². The molecular weight excluding hydrogens is 505 g/mol. The monoisotopic (exact) mass is 517 g/mol. The lowest BCUT2D eigenvalue weighted by atomic mass is 10.1. The number of hydrogen-bond donors (Lipinski definition) is 0. The molecule has 0 N–H and O–H groups in total. The average Bonchev–Trinajstić information content (AvgIpc) is 3.53. The van der Waals surface area contributed by atoms with E-state index in [1.807, 2.05) is 0 Å². The third-order valence-electron chi connectivity index (χ3n) is 5.40. The predicted octanol–water partition coefficient (Wildman–Crippen LogP) is 6.33. The van der Waals surface area contributed by atoms with Crippen LogP contribution in [0.25, 0.3) is 37.7 Å². The summed E-state index contributed by atoms with van der Waals surface area (Å²) in [6.45, 7) is 1.46. The summed E-state index contributed by atoms with van der Waals surface area (Å²) in [4.78, 5) is 12.9. The maximum absolute atomic E-state index is 13.8. The smallest absolute Gasteiger partial charge is 0.433 e. The van der Waals surface area contributed by atoms with E-state index >= 15 is 0 Å². The number of aryl methyl sites for hydroxylation is 1. The Labute approximate surface area is 201 Å². The lowest BCUT2D eigenvalue weighted by Crippen LogP contribution is -2.07.